The number of ether oxygens (including phenoxy) is 1. The second kappa shape index (κ2) is 9.64. The standard InChI is InChI=1S/C31H35N5O2/c1-20-29(35(4)34-33-20)24-17-27-28(32-19-24)25-11-10-21(18-31(2,3)37)16-26(25)36(27)30(22-8-6-5-7-9-22)23-12-14-38-15-13-23/h5-11,16-17,19,23,30,37H,12-15,18H2,1-4H3. The minimum absolute atomic E-state index is 0.125. The van der Waals surface area contributed by atoms with Crippen LogP contribution in [0.1, 0.15) is 49.6 Å². The summed E-state index contributed by atoms with van der Waals surface area (Å²) in [7, 11) is 1.92. The number of aromatic nitrogens is 5. The summed E-state index contributed by atoms with van der Waals surface area (Å²) in [6.45, 7) is 7.26. The first-order valence-electron chi connectivity index (χ1n) is 13.4. The SMILES string of the molecule is Cc1nnn(C)c1-c1cnc2c3ccc(CC(C)(C)O)cc3n(C(c3ccccc3)C3CCOCC3)c2c1. The van der Waals surface area contributed by atoms with Crippen molar-refractivity contribution in [3.8, 4) is 11.3 Å². The zero-order valence-electron chi connectivity index (χ0n) is 22.6. The van der Waals surface area contributed by atoms with Crippen LogP contribution < -0.4 is 0 Å². The summed E-state index contributed by atoms with van der Waals surface area (Å²) < 4.78 is 10.1. The van der Waals surface area contributed by atoms with E-state index in [1.165, 1.54) is 5.56 Å². The van der Waals surface area contributed by atoms with Crippen molar-refractivity contribution in [2.24, 2.45) is 13.0 Å². The van der Waals surface area contributed by atoms with Crippen LogP contribution >= 0.6 is 0 Å². The molecule has 0 aliphatic carbocycles. The lowest BCUT2D eigenvalue weighted by atomic mass is 9.86. The second-order valence-electron chi connectivity index (χ2n) is 11.3. The second-order valence-corrected chi connectivity index (χ2v) is 11.3. The van der Waals surface area contributed by atoms with E-state index in [4.69, 9.17) is 9.72 Å². The third-order valence-electron chi connectivity index (χ3n) is 7.74. The van der Waals surface area contributed by atoms with Crippen molar-refractivity contribution < 1.29 is 9.84 Å². The number of nitrogens with zero attached hydrogens (tertiary/aromatic N) is 5. The smallest absolute Gasteiger partial charge is 0.0960 e. The van der Waals surface area contributed by atoms with Crippen LogP contribution in [0.5, 0.6) is 0 Å². The summed E-state index contributed by atoms with van der Waals surface area (Å²) in [6, 6.07) is 19.7. The van der Waals surface area contributed by atoms with Gasteiger partial charge in [-0.15, -0.1) is 5.10 Å². The number of hydrogen-bond acceptors (Lipinski definition) is 5. The molecule has 1 unspecified atom stereocenters. The zero-order chi connectivity index (χ0) is 26.4. The Labute approximate surface area is 223 Å². The monoisotopic (exact) mass is 509 g/mol. The molecule has 7 heteroatoms. The van der Waals surface area contributed by atoms with Gasteiger partial charge >= 0.3 is 0 Å². The van der Waals surface area contributed by atoms with E-state index in [-0.39, 0.29) is 6.04 Å². The number of rotatable bonds is 6. The number of hydrogen-bond donors (Lipinski definition) is 1. The first-order valence-corrected chi connectivity index (χ1v) is 13.4. The number of aliphatic hydroxyl groups is 1. The molecule has 1 N–H and O–H groups in total. The third-order valence-corrected chi connectivity index (χ3v) is 7.74. The van der Waals surface area contributed by atoms with Crippen molar-refractivity contribution >= 4 is 21.9 Å². The van der Waals surface area contributed by atoms with E-state index in [1.807, 2.05) is 38.7 Å². The van der Waals surface area contributed by atoms with Gasteiger partial charge in [0.25, 0.3) is 0 Å². The topological polar surface area (TPSA) is 78.0 Å². The van der Waals surface area contributed by atoms with Crippen molar-refractivity contribution in [3.63, 3.8) is 0 Å². The number of benzene rings is 2. The number of pyridine rings is 1. The van der Waals surface area contributed by atoms with Crippen molar-refractivity contribution in [3.05, 3.63) is 77.6 Å². The van der Waals surface area contributed by atoms with Gasteiger partial charge in [-0.1, -0.05) is 47.7 Å². The maximum Gasteiger partial charge on any atom is 0.0960 e. The fourth-order valence-corrected chi connectivity index (χ4v) is 6.16. The summed E-state index contributed by atoms with van der Waals surface area (Å²) in [5, 5.41) is 20.2. The van der Waals surface area contributed by atoms with Crippen LogP contribution in [0.2, 0.25) is 0 Å². The van der Waals surface area contributed by atoms with E-state index in [2.05, 4.69) is 69.5 Å². The average Bonchev–Trinajstić information content (AvgIpc) is 3.40. The van der Waals surface area contributed by atoms with Gasteiger partial charge in [-0.3, -0.25) is 4.98 Å². The lowest BCUT2D eigenvalue weighted by molar-refractivity contribution is 0.0552. The molecule has 0 radical (unpaired) electrons. The Morgan fingerprint density at radius 2 is 1.82 bits per heavy atom. The van der Waals surface area contributed by atoms with E-state index in [9.17, 15) is 5.11 Å². The highest BCUT2D eigenvalue weighted by Crippen LogP contribution is 2.41. The molecule has 1 fully saturated rings. The molecule has 1 aliphatic heterocycles. The molecule has 2 aromatic carbocycles. The van der Waals surface area contributed by atoms with Crippen LogP contribution in [0.15, 0.2) is 60.8 Å². The van der Waals surface area contributed by atoms with Crippen LogP contribution in [0, 0.1) is 12.8 Å². The largest absolute Gasteiger partial charge is 0.390 e. The minimum Gasteiger partial charge on any atom is -0.390 e. The molecular weight excluding hydrogens is 474 g/mol. The first kappa shape index (κ1) is 24.8. The Kier molecular flexibility index (Phi) is 6.28. The Morgan fingerprint density at radius 3 is 2.50 bits per heavy atom. The van der Waals surface area contributed by atoms with E-state index in [0.29, 0.717) is 12.3 Å². The van der Waals surface area contributed by atoms with Crippen LogP contribution in [0.4, 0.5) is 0 Å². The summed E-state index contributed by atoms with van der Waals surface area (Å²) in [4.78, 5) is 5.03. The molecule has 0 saturated carbocycles. The third kappa shape index (κ3) is 4.50. The van der Waals surface area contributed by atoms with Gasteiger partial charge < -0.3 is 14.4 Å². The molecule has 4 heterocycles. The predicted octanol–water partition coefficient (Wildman–Crippen LogP) is 5.62. The highest BCUT2D eigenvalue weighted by atomic mass is 16.5. The average molecular weight is 510 g/mol. The van der Waals surface area contributed by atoms with Crippen LogP contribution in [-0.2, 0) is 18.2 Å². The fourth-order valence-electron chi connectivity index (χ4n) is 6.16. The van der Waals surface area contributed by atoms with Crippen LogP contribution in [0.25, 0.3) is 33.2 Å². The van der Waals surface area contributed by atoms with E-state index < -0.39 is 5.60 Å². The molecule has 1 saturated heterocycles. The van der Waals surface area contributed by atoms with Gasteiger partial charge in [-0.05, 0) is 62.8 Å². The first-order chi connectivity index (χ1) is 18.3. The van der Waals surface area contributed by atoms with E-state index in [1.54, 1.807) is 0 Å². The van der Waals surface area contributed by atoms with Gasteiger partial charge in [-0.2, -0.15) is 0 Å². The Balaban J connectivity index is 1.66. The molecule has 3 aromatic heterocycles. The molecule has 38 heavy (non-hydrogen) atoms. The van der Waals surface area contributed by atoms with Gasteiger partial charge in [0.05, 0.1) is 39.6 Å². The van der Waals surface area contributed by atoms with Gasteiger partial charge in [0, 0.05) is 43.8 Å². The molecule has 5 aromatic rings. The van der Waals surface area contributed by atoms with Gasteiger partial charge in [-0.25, -0.2) is 4.68 Å². The Morgan fingerprint density at radius 1 is 1.05 bits per heavy atom. The Bertz CT molecular complexity index is 1570. The highest BCUT2D eigenvalue weighted by molar-refractivity contribution is 6.07. The van der Waals surface area contributed by atoms with E-state index in [0.717, 1.165) is 70.5 Å². The maximum atomic E-state index is 10.6. The quantitative estimate of drug-likeness (QED) is 0.321. The summed E-state index contributed by atoms with van der Waals surface area (Å²) in [6.07, 6.45) is 4.52. The summed E-state index contributed by atoms with van der Waals surface area (Å²) in [5.41, 5.74) is 7.69. The predicted molar refractivity (Wildman–Crippen MR) is 150 cm³/mol. The molecule has 0 spiro atoms. The van der Waals surface area contributed by atoms with Crippen molar-refractivity contribution in [2.45, 2.75) is 51.7 Å². The molecule has 1 atom stereocenters. The highest BCUT2D eigenvalue weighted by Gasteiger charge is 2.30. The number of aryl methyl sites for hydroxylation is 2. The molecule has 0 bridgehead atoms. The van der Waals surface area contributed by atoms with Crippen molar-refractivity contribution in [1.29, 1.82) is 0 Å². The summed E-state index contributed by atoms with van der Waals surface area (Å²) in [5.74, 6) is 0.423. The fraction of sp³-hybridized carbons (Fsp3) is 0.387. The molecule has 6 rings (SSSR count). The van der Waals surface area contributed by atoms with E-state index >= 15 is 0 Å². The minimum atomic E-state index is -0.792. The molecule has 0 amide bonds. The lowest BCUT2D eigenvalue weighted by Gasteiger charge is -2.33. The van der Waals surface area contributed by atoms with Crippen molar-refractivity contribution in [1.82, 2.24) is 24.5 Å². The van der Waals surface area contributed by atoms with Crippen LogP contribution in [-0.4, -0.2) is 48.5 Å². The van der Waals surface area contributed by atoms with Crippen molar-refractivity contribution in [2.75, 3.05) is 13.2 Å². The molecular formula is C31H35N5O2. The van der Waals surface area contributed by atoms with Gasteiger partial charge in [0.2, 0.25) is 0 Å². The summed E-state index contributed by atoms with van der Waals surface area (Å²) >= 11 is 0. The Hall–Kier alpha value is -3.55. The molecule has 1 aliphatic rings. The lowest BCUT2D eigenvalue weighted by Crippen LogP contribution is -2.27. The maximum absolute atomic E-state index is 10.6. The van der Waals surface area contributed by atoms with Gasteiger partial charge in [0.1, 0.15) is 0 Å². The van der Waals surface area contributed by atoms with Crippen LogP contribution in [0.3, 0.4) is 0 Å². The zero-order valence-corrected chi connectivity index (χ0v) is 22.6. The normalized spacial score (nSPS) is 15.9. The van der Waals surface area contributed by atoms with Gasteiger partial charge in [0.15, 0.2) is 0 Å². The number of fused-ring (bicyclic) bond motifs is 3. The molecule has 196 valence electrons. The molecule has 7 nitrogen and oxygen atoms in total.